The predicted molar refractivity (Wildman–Crippen MR) is 72.8 cm³/mol. The molecule has 1 unspecified atom stereocenters. The van der Waals surface area contributed by atoms with Crippen LogP contribution in [-0.2, 0) is 9.47 Å². The lowest BCUT2D eigenvalue weighted by Gasteiger charge is -2.34. The molecule has 0 aromatic rings. The maximum absolute atomic E-state index is 9.73. The summed E-state index contributed by atoms with van der Waals surface area (Å²) in [6.07, 6.45) is 6.27. The molecule has 1 saturated carbocycles. The van der Waals surface area contributed by atoms with Crippen LogP contribution in [0.1, 0.15) is 39.0 Å². The summed E-state index contributed by atoms with van der Waals surface area (Å²) >= 11 is 0. The summed E-state index contributed by atoms with van der Waals surface area (Å²) in [4.78, 5) is 0. The molecule has 0 aromatic heterocycles. The van der Waals surface area contributed by atoms with Crippen LogP contribution in [0.2, 0.25) is 0 Å². The van der Waals surface area contributed by atoms with E-state index in [-0.39, 0.29) is 0 Å². The van der Waals surface area contributed by atoms with Crippen LogP contribution in [0.3, 0.4) is 0 Å². The molecule has 1 aliphatic carbocycles. The largest absolute Gasteiger partial charge is 0.389 e. The Morgan fingerprint density at radius 1 is 1.22 bits per heavy atom. The number of aliphatic hydroxyl groups excluding tert-OH is 1. The molecule has 1 aliphatic rings. The Balaban J connectivity index is 2.02. The first-order valence-electron chi connectivity index (χ1n) is 7.12. The number of ether oxygens (including phenoxy) is 2. The molecule has 18 heavy (non-hydrogen) atoms. The van der Waals surface area contributed by atoms with Gasteiger partial charge in [0.15, 0.2) is 0 Å². The van der Waals surface area contributed by atoms with Crippen LogP contribution >= 0.6 is 0 Å². The quantitative estimate of drug-likeness (QED) is 0.617. The molecule has 1 fully saturated rings. The smallest absolute Gasteiger partial charge is 0.0897 e. The van der Waals surface area contributed by atoms with E-state index >= 15 is 0 Å². The SMILES string of the molecule is COCCOCC(O)CNCC1(C)CCCCC1. The van der Waals surface area contributed by atoms with Crippen LogP contribution in [0.4, 0.5) is 0 Å². The van der Waals surface area contributed by atoms with Crippen molar-refractivity contribution in [1.82, 2.24) is 5.32 Å². The van der Waals surface area contributed by atoms with Crippen LogP contribution in [-0.4, -0.2) is 51.2 Å². The second-order valence-electron chi connectivity index (χ2n) is 5.72. The zero-order valence-corrected chi connectivity index (χ0v) is 11.9. The molecule has 0 aromatic carbocycles. The fraction of sp³-hybridized carbons (Fsp3) is 1.00. The Hall–Kier alpha value is -0.160. The molecule has 4 nitrogen and oxygen atoms in total. The number of hydrogen-bond acceptors (Lipinski definition) is 4. The molecule has 0 spiro atoms. The van der Waals surface area contributed by atoms with E-state index in [1.807, 2.05) is 0 Å². The highest BCUT2D eigenvalue weighted by Gasteiger charge is 2.26. The Kier molecular flexibility index (Phi) is 7.82. The molecule has 0 amide bonds. The molecule has 1 atom stereocenters. The van der Waals surface area contributed by atoms with Crippen molar-refractivity contribution in [3.8, 4) is 0 Å². The second kappa shape index (κ2) is 8.86. The summed E-state index contributed by atoms with van der Waals surface area (Å²) in [7, 11) is 1.65. The van der Waals surface area contributed by atoms with Crippen molar-refractivity contribution < 1.29 is 14.6 Å². The topological polar surface area (TPSA) is 50.7 Å². The van der Waals surface area contributed by atoms with E-state index in [0.717, 1.165) is 6.54 Å². The third-order valence-corrected chi connectivity index (χ3v) is 3.73. The lowest BCUT2D eigenvalue weighted by atomic mass is 9.76. The van der Waals surface area contributed by atoms with Crippen molar-refractivity contribution >= 4 is 0 Å². The molecule has 0 bridgehead atoms. The Morgan fingerprint density at radius 2 is 1.94 bits per heavy atom. The average Bonchev–Trinajstić information content (AvgIpc) is 2.35. The lowest BCUT2D eigenvalue weighted by Crippen LogP contribution is -2.38. The number of rotatable bonds is 9. The number of hydrogen-bond donors (Lipinski definition) is 2. The molecule has 0 radical (unpaired) electrons. The maximum Gasteiger partial charge on any atom is 0.0897 e. The summed E-state index contributed by atoms with van der Waals surface area (Å²) in [5, 5.41) is 13.1. The van der Waals surface area contributed by atoms with Gasteiger partial charge in [0, 0.05) is 20.2 Å². The molecule has 0 heterocycles. The third-order valence-electron chi connectivity index (χ3n) is 3.73. The Labute approximate surface area is 111 Å². The van der Waals surface area contributed by atoms with Gasteiger partial charge in [-0.25, -0.2) is 0 Å². The monoisotopic (exact) mass is 259 g/mol. The molecule has 4 heteroatoms. The minimum atomic E-state index is -0.422. The molecule has 1 rings (SSSR count). The van der Waals surface area contributed by atoms with E-state index in [1.165, 1.54) is 32.1 Å². The van der Waals surface area contributed by atoms with Gasteiger partial charge in [0.2, 0.25) is 0 Å². The van der Waals surface area contributed by atoms with Gasteiger partial charge in [-0.1, -0.05) is 26.2 Å². The summed E-state index contributed by atoms with van der Waals surface area (Å²) in [5.74, 6) is 0. The van der Waals surface area contributed by atoms with Crippen molar-refractivity contribution in [1.29, 1.82) is 0 Å². The first-order chi connectivity index (χ1) is 8.66. The molecule has 108 valence electrons. The fourth-order valence-electron chi connectivity index (χ4n) is 2.54. The van der Waals surface area contributed by atoms with Crippen molar-refractivity contribution in [2.24, 2.45) is 5.41 Å². The van der Waals surface area contributed by atoms with Crippen LogP contribution in [0.5, 0.6) is 0 Å². The third kappa shape index (κ3) is 6.69. The minimum Gasteiger partial charge on any atom is -0.389 e. The first kappa shape index (κ1) is 15.9. The van der Waals surface area contributed by atoms with E-state index in [2.05, 4.69) is 12.2 Å². The van der Waals surface area contributed by atoms with Crippen molar-refractivity contribution in [2.75, 3.05) is 40.0 Å². The highest BCUT2D eigenvalue weighted by molar-refractivity contribution is 4.80. The van der Waals surface area contributed by atoms with Gasteiger partial charge in [-0.05, 0) is 18.3 Å². The Bertz CT molecular complexity index is 205. The summed E-state index contributed by atoms with van der Waals surface area (Å²) < 4.78 is 10.2. The average molecular weight is 259 g/mol. The van der Waals surface area contributed by atoms with Gasteiger partial charge in [0.25, 0.3) is 0 Å². The first-order valence-corrected chi connectivity index (χ1v) is 7.12. The summed E-state index contributed by atoms with van der Waals surface area (Å²) in [6.45, 7) is 5.47. The van der Waals surface area contributed by atoms with E-state index in [9.17, 15) is 5.11 Å². The van der Waals surface area contributed by atoms with Crippen LogP contribution in [0.15, 0.2) is 0 Å². The Morgan fingerprint density at radius 3 is 2.61 bits per heavy atom. The van der Waals surface area contributed by atoms with E-state index in [1.54, 1.807) is 7.11 Å². The highest BCUT2D eigenvalue weighted by Crippen LogP contribution is 2.34. The van der Waals surface area contributed by atoms with Crippen molar-refractivity contribution in [3.05, 3.63) is 0 Å². The van der Waals surface area contributed by atoms with Crippen molar-refractivity contribution in [3.63, 3.8) is 0 Å². The van der Waals surface area contributed by atoms with Crippen LogP contribution < -0.4 is 5.32 Å². The van der Waals surface area contributed by atoms with Gasteiger partial charge in [0.05, 0.1) is 25.9 Å². The normalized spacial score (nSPS) is 20.8. The van der Waals surface area contributed by atoms with E-state index in [0.29, 0.717) is 31.8 Å². The summed E-state index contributed by atoms with van der Waals surface area (Å²) in [6, 6.07) is 0. The van der Waals surface area contributed by atoms with Crippen molar-refractivity contribution in [2.45, 2.75) is 45.1 Å². The maximum atomic E-state index is 9.73. The minimum absolute atomic E-state index is 0.382. The number of nitrogens with one attached hydrogen (secondary N) is 1. The lowest BCUT2D eigenvalue weighted by molar-refractivity contribution is 0.0126. The molecule has 2 N–H and O–H groups in total. The van der Waals surface area contributed by atoms with E-state index in [4.69, 9.17) is 9.47 Å². The van der Waals surface area contributed by atoms with Gasteiger partial charge in [-0.2, -0.15) is 0 Å². The predicted octanol–water partition coefficient (Wildman–Crippen LogP) is 1.57. The molecular formula is C14H29NO3. The molecule has 0 saturated heterocycles. The molecular weight excluding hydrogens is 230 g/mol. The zero-order valence-electron chi connectivity index (χ0n) is 11.9. The van der Waals surface area contributed by atoms with Gasteiger partial charge in [-0.15, -0.1) is 0 Å². The fourth-order valence-corrected chi connectivity index (χ4v) is 2.54. The molecule has 0 aliphatic heterocycles. The second-order valence-corrected chi connectivity index (χ2v) is 5.72. The van der Waals surface area contributed by atoms with Crippen LogP contribution in [0, 0.1) is 5.41 Å². The summed E-state index contributed by atoms with van der Waals surface area (Å²) in [5.41, 5.74) is 0.425. The van der Waals surface area contributed by atoms with Gasteiger partial charge < -0.3 is 19.9 Å². The van der Waals surface area contributed by atoms with Gasteiger partial charge >= 0.3 is 0 Å². The van der Waals surface area contributed by atoms with Crippen LogP contribution in [0.25, 0.3) is 0 Å². The number of aliphatic hydroxyl groups is 1. The van der Waals surface area contributed by atoms with Gasteiger partial charge in [-0.3, -0.25) is 0 Å². The zero-order chi connectivity index (χ0) is 13.3. The standard InChI is InChI=1S/C14H29NO3/c1-14(6-4-3-5-7-14)12-15-10-13(16)11-18-9-8-17-2/h13,15-16H,3-12H2,1-2H3. The van der Waals surface area contributed by atoms with E-state index < -0.39 is 6.10 Å². The van der Waals surface area contributed by atoms with Gasteiger partial charge in [0.1, 0.15) is 0 Å². The number of methoxy groups -OCH3 is 1. The highest BCUT2D eigenvalue weighted by atomic mass is 16.5.